The molecule has 0 saturated carbocycles. The first-order chi connectivity index (χ1) is 8.24. The molecule has 1 unspecified atom stereocenters. The van der Waals surface area contributed by atoms with Crippen molar-refractivity contribution in [2.24, 2.45) is 5.73 Å². The van der Waals surface area contributed by atoms with Crippen LogP contribution in [0.3, 0.4) is 0 Å². The van der Waals surface area contributed by atoms with Gasteiger partial charge in [0.25, 0.3) is 0 Å². The molecule has 0 bridgehead atoms. The van der Waals surface area contributed by atoms with Crippen LogP contribution in [0.5, 0.6) is 0 Å². The Balaban J connectivity index is 1.89. The minimum absolute atomic E-state index is 0.225. The number of carbonyl (C=O) groups is 1. The summed E-state index contributed by atoms with van der Waals surface area (Å²) < 4.78 is 0. The molecular formula is C11H24N4OS. The maximum atomic E-state index is 11.5. The Bertz CT molecular complexity index is 228. The Morgan fingerprint density at radius 2 is 2.00 bits per heavy atom. The Hall–Kier alpha value is -0.300. The van der Waals surface area contributed by atoms with Gasteiger partial charge in [0.05, 0.1) is 0 Å². The van der Waals surface area contributed by atoms with Gasteiger partial charge in [-0.15, -0.1) is 0 Å². The molecule has 1 fully saturated rings. The van der Waals surface area contributed by atoms with Crippen molar-refractivity contribution >= 4 is 18.5 Å². The zero-order chi connectivity index (χ0) is 12.5. The van der Waals surface area contributed by atoms with E-state index >= 15 is 0 Å². The van der Waals surface area contributed by atoms with Crippen molar-refractivity contribution in [3.63, 3.8) is 0 Å². The lowest BCUT2D eigenvalue weighted by molar-refractivity contribution is -0.127. The summed E-state index contributed by atoms with van der Waals surface area (Å²) in [5.74, 6) is 0.233. The number of hydrogen-bond donors (Lipinski definition) is 4. The van der Waals surface area contributed by atoms with Gasteiger partial charge in [0.2, 0.25) is 5.91 Å². The van der Waals surface area contributed by atoms with Crippen molar-refractivity contribution in [1.29, 1.82) is 0 Å². The van der Waals surface area contributed by atoms with Crippen LogP contribution in [0.2, 0.25) is 0 Å². The number of nitrogens with zero attached hydrogens (tertiary/aromatic N) is 1. The Morgan fingerprint density at radius 1 is 1.29 bits per heavy atom. The van der Waals surface area contributed by atoms with Crippen LogP contribution in [0.1, 0.15) is 12.8 Å². The monoisotopic (exact) mass is 260 g/mol. The fourth-order valence-corrected chi connectivity index (χ4v) is 2.23. The molecule has 0 aromatic heterocycles. The van der Waals surface area contributed by atoms with Crippen molar-refractivity contribution in [3.05, 3.63) is 0 Å². The molecule has 0 aromatic rings. The second kappa shape index (κ2) is 8.74. The number of hydrogen-bond acceptors (Lipinski definition) is 5. The Kier molecular flexibility index (Phi) is 7.59. The van der Waals surface area contributed by atoms with E-state index in [4.69, 9.17) is 5.73 Å². The molecule has 0 aliphatic carbocycles. The van der Waals surface area contributed by atoms with Gasteiger partial charge in [-0.1, -0.05) is 0 Å². The minimum Gasteiger partial charge on any atom is -0.340 e. The highest BCUT2D eigenvalue weighted by atomic mass is 32.1. The van der Waals surface area contributed by atoms with Crippen molar-refractivity contribution in [2.45, 2.75) is 18.1 Å². The van der Waals surface area contributed by atoms with Crippen LogP contribution >= 0.6 is 12.6 Å². The average molecular weight is 260 g/mol. The van der Waals surface area contributed by atoms with Crippen LogP contribution in [-0.4, -0.2) is 61.9 Å². The number of carbonyl (C=O) groups excluding carboxylic acids is 1. The lowest BCUT2D eigenvalue weighted by Gasteiger charge is -2.16. The normalized spacial score (nSPS) is 20.2. The van der Waals surface area contributed by atoms with Crippen LogP contribution in [0.25, 0.3) is 0 Å². The van der Waals surface area contributed by atoms with Crippen molar-refractivity contribution in [3.8, 4) is 0 Å². The smallest absolute Gasteiger partial charge is 0.223 e. The summed E-state index contributed by atoms with van der Waals surface area (Å²) in [5, 5.41) is 6.80. The van der Waals surface area contributed by atoms with Crippen LogP contribution in [0.4, 0.5) is 0 Å². The minimum atomic E-state index is 0.225. The maximum absolute atomic E-state index is 11.5. The number of rotatable bonds is 9. The third kappa shape index (κ3) is 6.26. The summed E-state index contributed by atoms with van der Waals surface area (Å²) >= 11 is 4.32. The fraction of sp³-hybridized carbons (Fsp3) is 0.909. The summed E-state index contributed by atoms with van der Waals surface area (Å²) in [4.78, 5) is 13.3. The average Bonchev–Trinajstić information content (AvgIpc) is 2.61. The first-order valence-electron chi connectivity index (χ1n) is 6.31. The molecule has 5 nitrogen and oxygen atoms in total. The van der Waals surface area contributed by atoms with Crippen molar-refractivity contribution in [1.82, 2.24) is 15.5 Å². The summed E-state index contributed by atoms with van der Waals surface area (Å²) in [7, 11) is 0. The van der Waals surface area contributed by atoms with Crippen molar-refractivity contribution < 1.29 is 4.79 Å². The largest absolute Gasteiger partial charge is 0.340 e. The number of amides is 1. The van der Waals surface area contributed by atoms with Gasteiger partial charge in [-0.2, -0.15) is 12.6 Å². The third-order valence-electron chi connectivity index (χ3n) is 2.78. The molecule has 0 spiro atoms. The zero-order valence-corrected chi connectivity index (χ0v) is 11.2. The third-order valence-corrected chi connectivity index (χ3v) is 3.13. The fourth-order valence-electron chi connectivity index (χ4n) is 1.87. The summed E-state index contributed by atoms with van der Waals surface area (Å²) in [6, 6.07) is 0. The number of nitrogens with two attached hydrogens (primary N) is 1. The quantitative estimate of drug-likeness (QED) is 0.318. The van der Waals surface area contributed by atoms with E-state index in [1.165, 1.54) is 0 Å². The van der Waals surface area contributed by atoms with E-state index in [1.54, 1.807) is 0 Å². The maximum Gasteiger partial charge on any atom is 0.223 e. The second-order valence-corrected chi connectivity index (χ2v) is 5.07. The van der Waals surface area contributed by atoms with E-state index in [-0.39, 0.29) is 11.2 Å². The van der Waals surface area contributed by atoms with Crippen LogP contribution in [0, 0.1) is 0 Å². The molecule has 0 radical (unpaired) electrons. The lowest BCUT2D eigenvalue weighted by atomic mass is 10.4. The van der Waals surface area contributed by atoms with Gasteiger partial charge in [0.1, 0.15) is 0 Å². The Morgan fingerprint density at radius 3 is 2.59 bits per heavy atom. The van der Waals surface area contributed by atoms with E-state index in [2.05, 4.69) is 23.3 Å². The molecule has 17 heavy (non-hydrogen) atoms. The molecule has 1 atom stereocenters. The molecule has 6 heteroatoms. The number of likely N-dealkylation sites (tertiary alicyclic amines) is 1. The van der Waals surface area contributed by atoms with Crippen molar-refractivity contribution in [2.75, 3.05) is 45.8 Å². The van der Waals surface area contributed by atoms with E-state index in [0.29, 0.717) is 13.0 Å². The lowest BCUT2D eigenvalue weighted by Crippen LogP contribution is -2.34. The molecule has 0 aromatic carbocycles. The van der Waals surface area contributed by atoms with Crippen LogP contribution in [-0.2, 0) is 4.79 Å². The highest BCUT2D eigenvalue weighted by molar-refractivity contribution is 7.81. The molecule has 1 amide bonds. The molecule has 1 aliphatic rings. The highest BCUT2D eigenvalue weighted by Crippen LogP contribution is 2.14. The van der Waals surface area contributed by atoms with E-state index < -0.39 is 0 Å². The van der Waals surface area contributed by atoms with E-state index in [1.807, 2.05) is 4.90 Å². The standard InChI is InChI=1S/C11H24N4OS/c12-2-5-13-3-1-4-14-6-7-15-9-10(17)8-11(15)16/h10,13-14,17H,1-9,12H2. The molecular weight excluding hydrogens is 236 g/mol. The number of thiol groups is 1. The molecule has 1 saturated heterocycles. The van der Waals surface area contributed by atoms with Gasteiger partial charge in [0.15, 0.2) is 0 Å². The van der Waals surface area contributed by atoms with Gasteiger partial charge in [0, 0.05) is 44.4 Å². The van der Waals surface area contributed by atoms with Gasteiger partial charge in [-0.25, -0.2) is 0 Å². The summed E-state index contributed by atoms with van der Waals surface area (Å²) in [6.07, 6.45) is 1.68. The molecule has 4 N–H and O–H groups in total. The first-order valence-corrected chi connectivity index (χ1v) is 6.83. The van der Waals surface area contributed by atoms with Gasteiger partial charge in [-0.05, 0) is 19.5 Å². The van der Waals surface area contributed by atoms with Crippen LogP contribution < -0.4 is 16.4 Å². The van der Waals surface area contributed by atoms with E-state index in [9.17, 15) is 4.79 Å². The first kappa shape index (κ1) is 14.8. The zero-order valence-electron chi connectivity index (χ0n) is 10.3. The predicted molar refractivity (Wildman–Crippen MR) is 73.4 cm³/mol. The highest BCUT2D eigenvalue weighted by Gasteiger charge is 2.26. The van der Waals surface area contributed by atoms with E-state index in [0.717, 1.165) is 45.7 Å². The van der Waals surface area contributed by atoms with Gasteiger partial charge in [-0.3, -0.25) is 4.79 Å². The van der Waals surface area contributed by atoms with Gasteiger partial charge >= 0.3 is 0 Å². The molecule has 1 aliphatic heterocycles. The Labute approximate surface area is 109 Å². The van der Waals surface area contributed by atoms with Crippen LogP contribution in [0.15, 0.2) is 0 Å². The SMILES string of the molecule is NCCNCCCNCCN1CC(S)CC1=O. The second-order valence-electron chi connectivity index (χ2n) is 4.34. The number of nitrogens with one attached hydrogen (secondary N) is 2. The van der Waals surface area contributed by atoms with Gasteiger partial charge < -0.3 is 21.3 Å². The summed E-state index contributed by atoms with van der Waals surface area (Å²) in [6.45, 7) is 5.99. The summed E-state index contributed by atoms with van der Waals surface area (Å²) in [5.41, 5.74) is 5.36. The topological polar surface area (TPSA) is 70.4 Å². The molecule has 1 heterocycles. The predicted octanol–water partition coefficient (Wildman–Crippen LogP) is -0.955. The molecule has 100 valence electrons. The molecule has 1 rings (SSSR count).